The van der Waals surface area contributed by atoms with Crippen LogP contribution in [0, 0.1) is 0 Å². The van der Waals surface area contributed by atoms with Gasteiger partial charge in [0.1, 0.15) is 5.75 Å². The molecule has 0 aliphatic rings. The second kappa shape index (κ2) is 7.82. The maximum atomic E-state index is 13.1. The van der Waals surface area contributed by atoms with Crippen LogP contribution in [0.4, 0.5) is 5.69 Å². The van der Waals surface area contributed by atoms with Crippen LogP contribution < -0.4 is 10.1 Å². The minimum atomic E-state index is -0.183. The summed E-state index contributed by atoms with van der Waals surface area (Å²) in [5.41, 5.74) is 3.69. The van der Waals surface area contributed by atoms with Crippen LogP contribution in [0.5, 0.6) is 5.75 Å². The van der Waals surface area contributed by atoms with Crippen molar-refractivity contribution in [2.75, 3.05) is 12.4 Å². The number of hydrogen-bond donors (Lipinski definition) is 1. The Labute approximate surface area is 171 Å². The average Bonchev–Trinajstić information content (AvgIpc) is 2.74. The number of carbonyl (C=O) groups excluding carboxylic acids is 1. The summed E-state index contributed by atoms with van der Waals surface area (Å²) in [5, 5.41) is 3.74. The number of nitrogens with zero attached hydrogens (tertiary/aromatic N) is 1. The number of amides is 1. The van der Waals surface area contributed by atoms with Crippen molar-refractivity contribution in [3.05, 3.63) is 88.9 Å². The third-order valence-corrected chi connectivity index (χ3v) is 4.96. The summed E-state index contributed by atoms with van der Waals surface area (Å²) in [6.45, 7) is 0. The summed E-state index contributed by atoms with van der Waals surface area (Å²) in [4.78, 5) is 17.8. The normalized spacial score (nSPS) is 10.6. The van der Waals surface area contributed by atoms with Crippen LogP contribution in [0.15, 0.2) is 83.3 Å². The van der Waals surface area contributed by atoms with Gasteiger partial charge in [-0.25, -0.2) is 4.98 Å². The molecule has 0 fully saturated rings. The Kier molecular flexibility index (Phi) is 5.08. The molecule has 4 nitrogen and oxygen atoms in total. The number of pyridine rings is 1. The molecule has 0 aliphatic heterocycles. The van der Waals surface area contributed by atoms with Crippen LogP contribution in [-0.2, 0) is 0 Å². The number of ether oxygens (including phenoxy) is 1. The van der Waals surface area contributed by atoms with E-state index < -0.39 is 0 Å². The summed E-state index contributed by atoms with van der Waals surface area (Å²) in [6, 6.07) is 24.7. The number of benzene rings is 3. The van der Waals surface area contributed by atoms with E-state index in [0.29, 0.717) is 16.8 Å². The number of carbonyl (C=O) groups is 1. The number of anilines is 1. The average molecular weight is 433 g/mol. The summed E-state index contributed by atoms with van der Waals surface area (Å²) < 4.78 is 6.29. The fraction of sp³-hybridized carbons (Fsp3) is 0.0435. The van der Waals surface area contributed by atoms with E-state index >= 15 is 0 Å². The largest absolute Gasteiger partial charge is 0.497 e. The first kappa shape index (κ1) is 18.2. The molecule has 1 N–H and O–H groups in total. The highest BCUT2D eigenvalue weighted by molar-refractivity contribution is 9.10. The number of rotatable bonds is 4. The Morgan fingerprint density at radius 3 is 2.43 bits per heavy atom. The molecular weight excluding hydrogens is 416 g/mol. The fourth-order valence-corrected chi connectivity index (χ4v) is 3.28. The molecule has 138 valence electrons. The van der Waals surface area contributed by atoms with Crippen molar-refractivity contribution in [2.24, 2.45) is 0 Å². The lowest BCUT2D eigenvalue weighted by molar-refractivity contribution is 0.102. The van der Waals surface area contributed by atoms with E-state index in [1.165, 1.54) is 0 Å². The summed E-state index contributed by atoms with van der Waals surface area (Å²) >= 11 is 3.41. The van der Waals surface area contributed by atoms with E-state index in [4.69, 9.17) is 9.72 Å². The molecule has 1 aromatic heterocycles. The number of fused-ring (bicyclic) bond motifs is 1. The van der Waals surface area contributed by atoms with Crippen LogP contribution in [0.25, 0.3) is 22.2 Å². The van der Waals surface area contributed by atoms with E-state index in [1.54, 1.807) is 7.11 Å². The molecule has 0 aliphatic carbocycles. The van der Waals surface area contributed by atoms with E-state index in [-0.39, 0.29) is 5.91 Å². The van der Waals surface area contributed by atoms with Crippen LogP contribution in [0.3, 0.4) is 0 Å². The summed E-state index contributed by atoms with van der Waals surface area (Å²) in [5.74, 6) is 0.515. The molecule has 0 bridgehead atoms. The lowest BCUT2D eigenvalue weighted by Crippen LogP contribution is -2.13. The van der Waals surface area contributed by atoms with Gasteiger partial charge in [0.25, 0.3) is 5.91 Å². The highest BCUT2D eigenvalue weighted by atomic mass is 79.9. The number of halogens is 1. The van der Waals surface area contributed by atoms with Crippen LogP contribution in [0.1, 0.15) is 10.4 Å². The second-order valence-corrected chi connectivity index (χ2v) is 7.18. The molecule has 28 heavy (non-hydrogen) atoms. The minimum Gasteiger partial charge on any atom is -0.497 e. The van der Waals surface area contributed by atoms with Crippen molar-refractivity contribution < 1.29 is 9.53 Å². The van der Waals surface area contributed by atoms with Crippen molar-refractivity contribution in [1.29, 1.82) is 0 Å². The van der Waals surface area contributed by atoms with Gasteiger partial charge >= 0.3 is 0 Å². The Balaban J connectivity index is 1.83. The Hall–Kier alpha value is -3.18. The number of nitrogens with one attached hydrogen (secondary N) is 1. The molecule has 1 heterocycles. The van der Waals surface area contributed by atoms with Gasteiger partial charge in [0.15, 0.2) is 0 Å². The first-order valence-electron chi connectivity index (χ1n) is 8.75. The van der Waals surface area contributed by atoms with Gasteiger partial charge in [0.2, 0.25) is 0 Å². The van der Waals surface area contributed by atoms with Crippen molar-refractivity contribution in [3.8, 4) is 17.0 Å². The van der Waals surface area contributed by atoms with Crippen LogP contribution >= 0.6 is 15.9 Å². The van der Waals surface area contributed by atoms with E-state index in [0.717, 1.165) is 26.8 Å². The number of aromatic nitrogens is 1. The predicted octanol–water partition coefficient (Wildman–Crippen LogP) is 5.93. The van der Waals surface area contributed by atoms with Gasteiger partial charge in [-0.2, -0.15) is 0 Å². The van der Waals surface area contributed by atoms with Crippen molar-refractivity contribution >= 4 is 38.4 Å². The molecule has 0 saturated heterocycles. The SMILES string of the molecule is COc1ccc2c(C(=O)Nc3ccc(Br)cc3)cc(-c3ccccc3)nc2c1. The van der Waals surface area contributed by atoms with Crippen LogP contribution in [-0.4, -0.2) is 18.0 Å². The predicted molar refractivity (Wildman–Crippen MR) is 116 cm³/mol. The molecule has 0 saturated carbocycles. The van der Waals surface area contributed by atoms with Gasteiger partial charge in [0.05, 0.1) is 23.9 Å². The zero-order valence-corrected chi connectivity index (χ0v) is 16.7. The molecule has 5 heteroatoms. The van der Waals surface area contributed by atoms with Crippen molar-refractivity contribution in [2.45, 2.75) is 0 Å². The highest BCUT2D eigenvalue weighted by Crippen LogP contribution is 2.28. The van der Waals surface area contributed by atoms with E-state index in [9.17, 15) is 4.79 Å². The zero-order chi connectivity index (χ0) is 19.5. The Bertz CT molecular complexity index is 1140. The van der Waals surface area contributed by atoms with Gasteiger partial charge in [-0.05, 0) is 42.5 Å². The fourth-order valence-electron chi connectivity index (χ4n) is 3.01. The first-order valence-corrected chi connectivity index (χ1v) is 9.54. The minimum absolute atomic E-state index is 0.183. The number of methoxy groups -OCH3 is 1. The quantitative estimate of drug-likeness (QED) is 0.434. The first-order chi connectivity index (χ1) is 13.6. The molecular formula is C23H17BrN2O2. The van der Waals surface area contributed by atoms with E-state index in [2.05, 4.69) is 21.2 Å². The Morgan fingerprint density at radius 2 is 1.71 bits per heavy atom. The molecule has 0 unspecified atom stereocenters. The monoisotopic (exact) mass is 432 g/mol. The lowest BCUT2D eigenvalue weighted by atomic mass is 10.0. The molecule has 0 atom stereocenters. The summed E-state index contributed by atoms with van der Waals surface area (Å²) in [6.07, 6.45) is 0. The smallest absolute Gasteiger partial charge is 0.256 e. The number of hydrogen-bond acceptors (Lipinski definition) is 3. The lowest BCUT2D eigenvalue weighted by Gasteiger charge is -2.12. The standard InChI is InChI=1S/C23H17BrN2O2/c1-28-18-11-12-19-20(23(27)25-17-9-7-16(24)8-10-17)14-21(26-22(19)13-18)15-5-3-2-4-6-15/h2-14H,1H3,(H,25,27). The maximum absolute atomic E-state index is 13.1. The zero-order valence-electron chi connectivity index (χ0n) is 15.1. The molecule has 0 spiro atoms. The summed E-state index contributed by atoms with van der Waals surface area (Å²) in [7, 11) is 1.61. The van der Waals surface area contributed by atoms with Gasteiger partial charge in [-0.3, -0.25) is 4.79 Å². The molecule has 3 aromatic carbocycles. The molecule has 0 radical (unpaired) electrons. The Morgan fingerprint density at radius 1 is 0.964 bits per heavy atom. The molecule has 1 amide bonds. The van der Waals surface area contributed by atoms with Gasteiger partial charge < -0.3 is 10.1 Å². The van der Waals surface area contributed by atoms with Crippen molar-refractivity contribution in [1.82, 2.24) is 4.98 Å². The third-order valence-electron chi connectivity index (χ3n) is 4.43. The maximum Gasteiger partial charge on any atom is 0.256 e. The topological polar surface area (TPSA) is 51.2 Å². The van der Waals surface area contributed by atoms with Gasteiger partial charge in [-0.15, -0.1) is 0 Å². The van der Waals surface area contributed by atoms with Gasteiger partial charge in [0, 0.05) is 27.2 Å². The molecule has 4 rings (SSSR count). The third kappa shape index (κ3) is 3.75. The van der Waals surface area contributed by atoms with Crippen molar-refractivity contribution in [3.63, 3.8) is 0 Å². The second-order valence-electron chi connectivity index (χ2n) is 6.27. The highest BCUT2D eigenvalue weighted by Gasteiger charge is 2.15. The van der Waals surface area contributed by atoms with Gasteiger partial charge in [-0.1, -0.05) is 46.3 Å². The van der Waals surface area contributed by atoms with Crippen LogP contribution in [0.2, 0.25) is 0 Å². The van der Waals surface area contributed by atoms with E-state index in [1.807, 2.05) is 78.9 Å². The molecule has 4 aromatic rings.